The van der Waals surface area contributed by atoms with E-state index < -0.39 is 0 Å². The normalized spacial score (nSPS) is 16.4. The van der Waals surface area contributed by atoms with Crippen molar-refractivity contribution in [1.82, 2.24) is 10.0 Å². The van der Waals surface area contributed by atoms with Gasteiger partial charge >= 0.3 is 0 Å². The molecule has 0 spiro atoms. The zero-order chi connectivity index (χ0) is 10.6. The lowest BCUT2D eigenvalue weighted by Crippen LogP contribution is -2.40. The third-order valence-electron chi connectivity index (χ3n) is 2.32. The number of rotatable bonds is 3. The van der Waals surface area contributed by atoms with Crippen LogP contribution in [0, 0.1) is 0 Å². The van der Waals surface area contributed by atoms with Crippen molar-refractivity contribution >= 4 is 5.91 Å². The van der Waals surface area contributed by atoms with Crippen LogP contribution < -0.4 is 0 Å². The van der Waals surface area contributed by atoms with Gasteiger partial charge in [0.2, 0.25) is 0 Å². The van der Waals surface area contributed by atoms with E-state index in [2.05, 4.69) is 12.7 Å². The van der Waals surface area contributed by atoms with Crippen molar-refractivity contribution in [2.45, 2.75) is 25.7 Å². The van der Waals surface area contributed by atoms with Gasteiger partial charge < -0.3 is 0 Å². The van der Waals surface area contributed by atoms with E-state index >= 15 is 0 Å². The Hall–Kier alpha value is -1.09. The second-order valence-electron chi connectivity index (χ2n) is 3.64. The maximum absolute atomic E-state index is 11.6. The van der Waals surface area contributed by atoms with E-state index in [1.54, 1.807) is 10.0 Å². The predicted molar refractivity (Wildman–Crippen MR) is 57.3 cm³/mol. The molecule has 0 fully saturated rings. The van der Waals surface area contributed by atoms with E-state index in [0.717, 1.165) is 18.5 Å². The van der Waals surface area contributed by atoms with Crippen LogP contribution in [0.3, 0.4) is 0 Å². The number of carbonyl (C=O) groups excluding carboxylic acids is 1. The summed E-state index contributed by atoms with van der Waals surface area (Å²) in [6.45, 7) is 3.51. The summed E-state index contributed by atoms with van der Waals surface area (Å²) in [5, 5.41) is 3.49. The van der Waals surface area contributed by atoms with Crippen LogP contribution in [0.15, 0.2) is 24.4 Å². The third kappa shape index (κ3) is 2.45. The molecule has 14 heavy (non-hydrogen) atoms. The molecule has 0 aromatic rings. The molecule has 3 heteroatoms. The molecule has 1 amide bonds. The molecule has 78 valence electrons. The Labute approximate surface area is 85.7 Å². The van der Waals surface area contributed by atoms with Crippen LogP contribution in [0.2, 0.25) is 0 Å². The van der Waals surface area contributed by atoms with Crippen molar-refractivity contribution in [3.8, 4) is 0 Å². The monoisotopic (exact) mass is 194 g/mol. The van der Waals surface area contributed by atoms with Crippen LogP contribution in [-0.4, -0.2) is 30.0 Å². The second kappa shape index (κ2) is 4.96. The SMILES string of the molecule is C=CC(=O)N(C1=CCCCC1)N(C)C. The molecule has 0 bridgehead atoms. The highest BCUT2D eigenvalue weighted by Gasteiger charge is 2.18. The average Bonchev–Trinajstić information content (AvgIpc) is 2.19. The minimum Gasteiger partial charge on any atom is -0.268 e. The lowest BCUT2D eigenvalue weighted by Gasteiger charge is -2.31. The van der Waals surface area contributed by atoms with E-state index in [4.69, 9.17) is 0 Å². The minimum atomic E-state index is -0.0526. The molecule has 0 saturated heterocycles. The molecule has 0 aliphatic heterocycles. The molecule has 0 radical (unpaired) electrons. The van der Waals surface area contributed by atoms with Crippen LogP contribution >= 0.6 is 0 Å². The summed E-state index contributed by atoms with van der Waals surface area (Å²) in [6.07, 6.45) is 7.95. The smallest absolute Gasteiger partial charge is 0.264 e. The standard InChI is InChI=1S/C11H18N2O/c1-4-11(14)13(12(2)3)10-8-6-5-7-9-10/h4,8H,1,5-7,9H2,2-3H3. The van der Waals surface area contributed by atoms with E-state index in [1.165, 1.54) is 18.9 Å². The Morgan fingerprint density at radius 2 is 2.21 bits per heavy atom. The van der Waals surface area contributed by atoms with Gasteiger partial charge in [-0.25, -0.2) is 10.0 Å². The Balaban J connectivity index is 2.81. The summed E-state index contributed by atoms with van der Waals surface area (Å²) in [4.78, 5) is 11.6. The van der Waals surface area contributed by atoms with Gasteiger partial charge in [0.15, 0.2) is 0 Å². The maximum atomic E-state index is 11.6. The zero-order valence-electron chi connectivity index (χ0n) is 8.99. The summed E-state index contributed by atoms with van der Waals surface area (Å²) in [6, 6.07) is 0. The molecule has 0 atom stereocenters. The second-order valence-corrected chi connectivity index (χ2v) is 3.64. The number of allylic oxidation sites excluding steroid dienone is 2. The molecule has 0 saturated carbocycles. The highest BCUT2D eigenvalue weighted by Crippen LogP contribution is 2.21. The maximum Gasteiger partial charge on any atom is 0.264 e. The first-order valence-electron chi connectivity index (χ1n) is 4.99. The molecule has 0 aromatic carbocycles. The fourth-order valence-corrected chi connectivity index (χ4v) is 1.70. The first-order chi connectivity index (χ1) is 6.66. The largest absolute Gasteiger partial charge is 0.268 e. The van der Waals surface area contributed by atoms with Crippen molar-refractivity contribution in [3.05, 3.63) is 24.4 Å². The molecular weight excluding hydrogens is 176 g/mol. The van der Waals surface area contributed by atoms with Gasteiger partial charge in [0.25, 0.3) is 5.91 Å². The van der Waals surface area contributed by atoms with Crippen molar-refractivity contribution in [2.75, 3.05) is 14.1 Å². The van der Waals surface area contributed by atoms with Crippen molar-refractivity contribution in [3.63, 3.8) is 0 Å². The molecule has 0 N–H and O–H groups in total. The summed E-state index contributed by atoms with van der Waals surface area (Å²) in [5.74, 6) is -0.0526. The first kappa shape index (κ1) is 11.0. The highest BCUT2D eigenvalue weighted by molar-refractivity contribution is 5.87. The average molecular weight is 194 g/mol. The Bertz CT molecular complexity index is 256. The first-order valence-corrected chi connectivity index (χ1v) is 4.99. The fourth-order valence-electron chi connectivity index (χ4n) is 1.70. The predicted octanol–water partition coefficient (Wildman–Crippen LogP) is 1.94. The van der Waals surface area contributed by atoms with Gasteiger partial charge in [0.1, 0.15) is 0 Å². The van der Waals surface area contributed by atoms with Crippen molar-refractivity contribution in [2.24, 2.45) is 0 Å². The molecule has 1 aliphatic rings. The summed E-state index contributed by atoms with van der Waals surface area (Å²) in [5.41, 5.74) is 1.10. The van der Waals surface area contributed by atoms with Crippen LogP contribution in [0.5, 0.6) is 0 Å². The van der Waals surface area contributed by atoms with Gasteiger partial charge in [0.05, 0.1) is 0 Å². The van der Waals surface area contributed by atoms with Crippen molar-refractivity contribution < 1.29 is 4.79 Å². The lowest BCUT2D eigenvalue weighted by molar-refractivity contribution is -0.135. The summed E-state index contributed by atoms with van der Waals surface area (Å²) >= 11 is 0. The number of hydrogen-bond donors (Lipinski definition) is 0. The minimum absolute atomic E-state index is 0.0526. The molecule has 0 aromatic heterocycles. The number of carbonyl (C=O) groups is 1. The number of hydrazine groups is 1. The van der Waals surface area contributed by atoms with Crippen LogP contribution in [0.1, 0.15) is 25.7 Å². The summed E-state index contributed by atoms with van der Waals surface area (Å²) in [7, 11) is 3.74. The number of nitrogens with zero attached hydrogens (tertiary/aromatic N) is 2. The lowest BCUT2D eigenvalue weighted by atomic mass is 10.0. The quantitative estimate of drug-likeness (QED) is 0.506. The molecular formula is C11H18N2O. The number of amides is 1. The molecule has 3 nitrogen and oxygen atoms in total. The Morgan fingerprint density at radius 1 is 1.50 bits per heavy atom. The van der Waals surface area contributed by atoms with Crippen LogP contribution in [0.4, 0.5) is 0 Å². The fraction of sp³-hybridized carbons (Fsp3) is 0.545. The topological polar surface area (TPSA) is 23.6 Å². The molecule has 1 rings (SSSR count). The number of hydrogen-bond acceptors (Lipinski definition) is 2. The van der Waals surface area contributed by atoms with E-state index in [1.807, 2.05) is 14.1 Å². The molecule has 0 unspecified atom stereocenters. The Morgan fingerprint density at radius 3 is 2.64 bits per heavy atom. The molecule has 0 heterocycles. The van der Waals surface area contributed by atoms with Gasteiger partial charge in [-0.15, -0.1) is 0 Å². The summed E-state index contributed by atoms with van der Waals surface area (Å²) < 4.78 is 0. The Kier molecular flexibility index (Phi) is 3.89. The van der Waals surface area contributed by atoms with E-state index in [9.17, 15) is 4.79 Å². The van der Waals surface area contributed by atoms with Gasteiger partial charge in [-0.05, 0) is 31.8 Å². The van der Waals surface area contributed by atoms with E-state index in [-0.39, 0.29) is 5.91 Å². The van der Waals surface area contributed by atoms with Crippen LogP contribution in [-0.2, 0) is 4.79 Å². The highest BCUT2D eigenvalue weighted by atomic mass is 16.2. The molecule has 1 aliphatic carbocycles. The van der Waals surface area contributed by atoms with E-state index in [0.29, 0.717) is 0 Å². The van der Waals surface area contributed by atoms with Gasteiger partial charge in [-0.2, -0.15) is 0 Å². The van der Waals surface area contributed by atoms with Crippen LogP contribution in [0.25, 0.3) is 0 Å². The van der Waals surface area contributed by atoms with Gasteiger partial charge in [-0.3, -0.25) is 4.79 Å². The van der Waals surface area contributed by atoms with Gasteiger partial charge in [0, 0.05) is 19.8 Å². The van der Waals surface area contributed by atoms with Gasteiger partial charge in [-0.1, -0.05) is 12.7 Å². The third-order valence-corrected chi connectivity index (χ3v) is 2.32. The van der Waals surface area contributed by atoms with Crippen molar-refractivity contribution in [1.29, 1.82) is 0 Å². The zero-order valence-corrected chi connectivity index (χ0v) is 8.99.